The number of benzene rings is 2. The smallest absolute Gasteiger partial charge is 0.337 e. The zero-order chi connectivity index (χ0) is 18.3. The lowest BCUT2D eigenvalue weighted by Gasteiger charge is -2.12. The van der Waals surface area contributed by atoms with Crippen LogP contribution in [0, 0.1) is 0 Å². The number of aromatic nitrogens is 1. The average Bonchev–Trinajstić information content (AvgIpc) is 3.13. The van der Waals surface area contributed by atoms with E-state index in [-0.39, 0.29) is 17.5 Å². The fraction of sp³-hybridized carbons (Fsp3) is 0.150. The van der Waals surface area contributed by atoms with Gasteiger partial charge in [0.05, 0.1) is 17.5 Å². The van der Waals surface area contributed by atoms with E-state index in [4.69, 9.17) is 4.84 Å². The Bertz CT molecular complexity index is 1020. The minimum atomic E-state index is -0.654. The minimum Gasteiger partial charge on any atom is -0.347 e. The molecule has 0 radical (unpaired) electrons. The molecule has 0 spiro atoms. The molecule has 0 atom stereocenters. The topological polar surface area (TPSA) is 68.6 Å². The van der Waals surface area contributed by atoms with Gasteiger partial charge in [0.15, 0.2) is 0 Å². The van der Waals surface area contributed by atoms with Gasteiger partial charge in [-0.1, -0.05) is 35.4 Å². The molecule has 130 valence electrons. The van der Waals surface area contributed by atoms with Crippen molar-refractivity contribution >= 4 is 28.7 Å². The molecule has 3 aromatic rings. The number of hydrogen-bond donors (Lipinski definition) is 0. The van der Waals surface area contributed by atoms with Gasteiger partial charge >= 0.3 is 5.97 Å². The number of fused-ring (bicyclic) bond motifs is 2. The molecule has 6 heteroatoms. The number of carbonyl (C=O) groups is 3. The first-order valence-electron chi connectivity index (χ1n) is 8.35. The SMILES string of the molecule is CCn1cc(CC(=O)ON2C(=O)c3ccccc3C2=O)c2ccccc21. The Morgan fingerprint density at radius 2 is 1.58 bits per heavy atom. The van der Waals surface area contributed by atoms with E-state index in [2.05, 4.69) is 0 Å². The monoisotopic (exact) mass is 348 g/mol. The number of nitrogens with zero attached hydrogens (tertiary/aromatic N) is 2. The van der Waals surface area contributed by atoms with Crippen molar-refractivity contribution in [1.82, 2.24) is 9.63 Å². The molecule has 6 nitrogen and oxygen atoms in total. The van der Waals surface area contributed by atoms with Crippen LogP contribution in [0.4, 0.5) is 0 Å². The third-order valence-corrected chi connectivity index (χ3v) is 4.50. The van der Waals surface area contributed by atoms with E-state index in [0.29, 0.717) is 5.06 Å². The van der Waals surface area contributed by atoms with Crippen molar-refractivity contribution in [1.29, 1.82) is 0 Å². The van der Waals surface area contributed by atoms with Crippen molar-refractivity contribution in [2.45, 2.75) is 19.9 Å². The van der Waals surface area contributed by atoms with E-state index < -0.39 is 17.8 Å². The highest BCUT2D eigenvalue weighted by molar-refractivity contribution is 6.20. The number of rotatable bonds is 4. The Labute approximate surface area is 149 Å². The molecular formula is C20H16N2O4. The van der Waals surface area contributed by atoms with Gasteiger partial charge in [0.1, 0.15) is 0 Å². The van der Waals surface area contributed by atoms with Crippen molar-refractivity contribution in [2.24, 2.45) is 0 Å². The summed E-state index contributed by atoms with van der Waals surface area (Å²) >= 11 is 0. The molecule has 0 fully saturated rings. The highest BCUT2D eigenvalue weighted by Gasteiger charge is 2.38. The summed E-state index contributed by atoms with van der Waals surface area (Å²) in [4.78, 5) is 42.0. The summed E-state index contributed by atoms with van der Waals surface area (Å²) in [5.41, 5.74) is 2.31. The van der Waals surface area contributed by atoms with Gasteiger partial charge in [-0.3, -0.25) is 9.59 Å². The molecule has 0 saturated heterocycles. The quantitative estimate of drug-likeness (QED) is 0.680. The summed E-state index contributed by atoms with van der Waals surface area (Å²) in [6.07, 6.45) is 1.87. The average molecular weight is 348 g/mol. The van der Waals surface area contributed by atoms with Crippen LogP contribution in [0.2, 0.25) is 0 Å². The molecule has 4 rings (SSSR count). The summed E-state index contributed by atoms with van der Waals surface area (Å²) in [6.45, 7) is 2.79. The first kappa shape index (κ1) is 16.1. The van der Waals surface area contributed by atoms with Gasteiger partial charge in [-0.2, -0.15) is 0 Å². The first-order chi connectivity index (χ1) is 12.6. The van der Waals surface area contributed by atoms with Crippen LogP contribution >= 0.6 is 0 Å². The number of hydroxylamine groups is 2. The molecule has 2 heterocycles. The van der Waals surface area contributed by atoms with Crippen molar-refractivity contribution in [2.75, 3.05) is 0 Å². The summed E-state index contributed by atoms with van der Waals surface area (Å²) in [7, 11) is 0. The van der Waals surface area contributed by atoms with Crippen LogP contribution in [0.15, 0.2) is 54.7 Å². The van der Waals surface area contributed by atoms with Crippen molar-refractivity contribution in [3.05, 3.63) is 71.4 Å². The summed E-state index contributed by atoms with van der Waals surface area (Å²) in [6, 6.07) is 14.2. The second kappa shape index (κ2) is 6.15. The molecule has 2 amide bonds. The van der Waals surface area contributed by atoms with E-state index in [9.17, 15) is 14.4 Å². The Morgan fingerprint density at radius 1 is 0.962 bits per heavy atom. The van der Waals surface area contributed by atoms with Crippen molar-refractivity contribution in [3.63, 3.8) is 0 Å². The van der Waals surface area contributed by atoms with Gasteiger partial charge in [-0.25, -0.2) is 4.79 Å². The fourth-order valence-corrected chi connectivity index (χ4v) is 3.26. The van der Waals surface area contributed by atoms with Crippen LogP contribution < -0.4 is 0 Å². The molecule has 0 saturated carbocycles. The predicted octanol–water partition coefficient (Wildman–Crippen LogP) is 2.96. The van der Waals surface area contributed by atoms with Gasteiger partial charge in [-0.15, -0.1) is 0 Å². The van der Waals surface area contributed by atoms with Gasteiger partial charge in [-0.05, 0) is 30.7 Å². The second-order valence-corrected chi connectivity index (χ2v) is 6.05. The van der Waals surface area contributed by atoms with Crippen LogP contribution in [0.5, 0.6) is 0 Å². The Balaban J connectivity index is 1.56. The Morgan fingerprint density at radius 3 is 2.23 bits per heavy atom. The Hall–Kier alpha value is -3.41. The summed E-state index contributed by atoms with van der Waals surface area (Å²) < 4.78 is 2.04. The van der Waals surface area contributed by atoms with Gasteiger partial charge in [0.25, 0.3) is 11.8 Å². The van der Waals surface area contributed by atoms with Crippen LogP contribution in [0.1, 0.15) is 33.2 Å². The van der Waals surface area contributed by atoms with E-state index >= 15 is 0 Å². The maximum absolute atomic E-state index is 12.4. The molecule has 1 aliphatic heterocycles. The van der Waals surface area contributed by atoms with Crippen LogP contribution in [0.25, 0.3) is 10.9 Å². The van der Waals surface area contributed by atoms with Crippen molar-refractivity contribution in [3.8, 4) is 0 Å². The Kier molecular flexibility index (Phi) is 3.80. The lowest BCUT2D eigenvalue weighted by Crippen LogP contribution is -2.33. The predicted molar refractivity (Wildman–Crippen MR) is 94.4 cm³/mol. The van der Waals surface area contributed by atoms with Gasteiger partial charge in [0, 0.05) is 23.6 Å². The zero-order valence-electron chi connectivity index (χ0n) is 14.1. The highest BCUT2D eigenvalue weighted by atomic mass is 16.7. The third-order valence-electron chi connectivity index (χ3n) is 4.50. The van der Waals surface area contributed by atoms with E-state index in [1.807, 2.05) is 42.0 Å². The lowest BCUT2D eigenvalue weighted by atomic mass is 10.1. The summed E-state index contributed by atoms with van der Waals surface area (Å²) in [5, 5.41) is 1.50. The maximum Gasteiger partial charge on any atom is 0.337 e. The number of imide groups is 1. The standard InChI is InChI=1S/C20H16N2O4/c1-2-21-12-13(14-7-5-6-10-17(14)21)11-18(23)26-22-19(24)15-8-3-4-9-16(15)20(22)25/h3-10,12H,2,11H2,1H3. The molecule has 1 aliphatic rings. The molecule has 0 N–H and O–H groups in total. The van der Waals surface area contributed by atoms with Gasteiger partial charge in [0.2, 0.25) is 0 Å². The van der Waals surface area contributed by atoms with Crippen LogP contribution in [-0.4, -0.2) is 27.4 Å². The van der Waals surface area contributed by atoms with E-state index in [1.165, 1.54) is 12.1 Å². The molecule has 0 unspecified atom stereocenters. The molecule has 26 heavy (non-hydrogen) atoms. The maximum atomic E-state index is 12.4. The van der Waals surface area contributed by atoms with Crippen LogP contribution in [-0.2, 0) is 22.6 Å². The lowest BCUT2D eigenvalue weighted by molar-refractivity contribution is -0.167. The molecule has 1 aromatic heterocycles. The zero-order valence-corrected chi connectivity index (χ0v) is 14.1. The summed E-state index contributed by atoms with van der Waals surface area (Å²) in [5.74, 6) is -1.89. The normalized spacial score (nSPS) is 13.3. The largest absolute Gasteiger partial charge is 0.347 e. The number of amides is 2. The molecule has 0 bridgehead atoms. The van der Waals surface area contributed by atoms with Gasteiger partial charge < -0.3 is 9.40 Å². The van der Waals surface area contributed by atoms with E-state index in [1.54, 1.807) is 12.1 Å². The first-order valence-corrected chi connectivity index (χ1v) is 8.35. The second-order valence-electron chi connectivity index (χ2n) is 6.05. The molecular weight excluding hydrogens is 332 g/mol. The fourth-order valence-electron chi connectivity index (χ4n) is 3.26. The number of hydrogen-bond acceptors (Lipinski definition) is 4. The molecule has 0 aliphatic carbocycles. The molecule has 2 aromatic carbocycles. The number of para-hydroxylation sites is 1. The van der Waals surface area contributed by atoms with Crippen LogP contribution in [0.3, 0.4) is 0 Å². The highest BCUT2D eigenvalue weighted by Crippen LogP contribution is 2.25. The number of carbonyl (C=O) groups excluding carboxylic acids is 3. The van der Waals surface area contributed by atoms with Crippen molar-refractivity contribution < 1.29 is 19.2 Å². The van der Waals surface area contributed by atoms with E-state index in [0.717, 1.165) is 23.0 Å². The number of aryl methyl sites for hydroxylation is 1. The minimum absolute atomic E-state index is 0.0269. The third kappa shape index (κ3) is 2.47.